The lowest BCUT2D eigenvalue weighted by Gasteiger charge is -2.35. The quantitative estimate of drug-likeness (QED) is 0.422. The number of rotatable bonds is 9. The molecule has 204 valence electrons. The topological polar surface area (TPSA) is 123 Å². The molecule has 0 radical (unpaired) electrons. The average Bonchev–Trinajstić information content (AvgIpc) is 3.54. The van der Waals surface area contributed by atoms with Crippen molar-refractivity contribution in [1.82, 2.24) is 24.0 Å². The van der Waals surface area contributed by atoms with Crippen molar-refractivity contribution in [3.8, 4) is 11.4 Å². The first kappa shape index (κ1) is 26.7. The third kappa shape index (κ3) is 5.58. The molecule has 0 bridgehead atoms. The second-order valence-electron chi connectivity index (χ2n) is 10.2. The van der Waals surface area contributed by atoms with E-state index in [1.807, 2.05) is 4.90 Å². The molecule has 0 amide bonds. The summed E-state index contributed by atoms with van der Waals surface area (Å²) in [5, 5.41) is 8.76. The Bertz CT molecular complexity index is 1470. The third-order valence-electron chi connectivity index (χ3n) is 7.17. The predicted molar refractivity (Wildman–Crippen MR) is 143 cm³/mol. The fourth-order valence-electron chi connectivity index (χ4n) is 4.36. The fourth-order valence-corrected chi connectivity index (χ4v) is 5.70. The lowest BCUT2D eigenvalue weighted by atomic mass is 10.2. The van der Waals surface area contributed by atoms with Crippen molar-refractivity contribution in [3.05, 3.63) is 62.9 Å². The number of anilines is 1. The smallest absolute Gasteiger partial charge is 0.316 e. The highest BCUT2D eigenvalue weighted by Crippen LogP contribution is 2.45. The van der Waals surface area contributed by atoms with Crippen LogP contribution >= 0.6 is 11.6 Å². The summed E-state index contributed by atoms with van der Waals surface area (Å²) in [4.78, 5) is 15.5. The number of aryl methyl sites for hydroxylation is 2. The van der Waals surface area contributed by atoms with Gasteiger partial charge in [-0.1, -0.05) is 29.7 Å². The minimum Gasteiger partial charge on any atom is -0.486 e. The van der Waals surface area contributed by atoms with E-state index in [1.165, 1.54) is 8.99 Å². The van der Waals surface area contributed by atoms with Gasteiger partial charge in [-0.15, -0.1) is 0 Å². The maximum atomic E-state index is 13.5. The van der Waals surface area contributed by atoms with Crippen LogP contribution in [0.5, 0.6) is 5.75 Å². The summed E-state index contributed by atoms with van der Waals surface area (Å²) in [7, 11) is -3.72. The van der Waals surface area contributed by atoms with Gasteiger partial charge in [0.25, 0.3) is 10.2 Å². The number of benzene rings is 1. The molecule has 2 aliphatic rings. The summed E-state index contributed by atoms with van der Waals surface area (Å²) in [6, 6.07) is 6.91. The van der Waals surface area contributed by atoms with Gasteiger partial charge in [0.1, 0.15) is 11.4 Å². The molecule has 1 aromatic carbocycles. The summed E-state index contributed by atoms with van der Waals surface area (Å²) >= 11 is 6.14. The van der Waals surface area contributed by atoms with Crippen molar-refractivity contribution in [1.29, 1.82) is 0 Å². The Morgan fingerprint density at radius 1 is 1.18 bits per heavy atom. The largest absolute Gasteiger partial charge is 0.486 e. The standard InChI is InChI=1S/C25H31ClN6O5S/c1-17-21(18(2)37-29-17)14-28-38(34,35)31-11-9-30(10-12-31)22-15-27-32(20-6-4-5-19(26)13-20)24(33)23(22)36-16-25(3)7-8-25/h4-6,13,15,28H,7-12,14,16H2,1-3H3. The molecule has 1 aliphatic carbocycles. The molecule has 2 aromatic heterocycles. The molecule has 3 aromatic rings. The molecule has 1 N–H and O–H groups in total. The first-order valence-electron chi connectivity index (χ1n) is 12.5. The molecule has 11 nitrogen and oxygen atoms in total. The number of hydrogen-bond donors (Lipinski definition) is 1. The molecular weight excluding hydrogens is 532 g/mol. The minimum absolute atomic E-state index is 0.0630. The molecule has 0 spiro atoms. The summed E-state index contributed by atoms with van der Waals surface area (Å²) in [5.41, 5.74) is 2.15. The number of hydrogen-bond acceptors (Lipinski definition) is 8. The van der Waals surface area contributed by atoms with Crippen LogP contribution in [0.4, 0.5) is 5.69 Å². The van der Waals surface area contributed by atoms with Gasteiger partial charge in [-0.2, -0.15) is 27.2 Å². The maximum absolute atomic E-state index is 13.5. The van der Waals surface area contributed by atoms with Crippen LogP contribution in [0.25, 0.3) is 5.69 Å². The van der Waals surface area contributed by atoms with Crippen LogP contribution in [0.1, 0.15) is 36.8 Å². The second kappa shape index (κ2) is 10.3. The molecule has 13 heteroatoms. The number of nitrogens with zero attached hydrogens (tertiary/aromatic N) is 5. The maximum Gasteiger partial charge on any atom is 0.316 e. The van der Waals surface area contributed by atoms with E-state index < -0.39 is 10.2 Å². The van der Waals surface area contributed by atoms with E-state index in [9.17, 15) is 13.2 Å². The van der Waals surface area contributed by atoms with Gasteiger partial charge in [-0.3, -0.25) is 4.79 Å². The van der Waals surface area contributed by atoms with Crippen molar-refractivity contribution >= 4 is 27.5 Å². The van der Waals surface area contributed by atoms with E-state index in [1.54, 1.807) is 44.3 Å². The van der Waals surface area contributed by atoms with E-state index in [0.717, 1.165) is 18.4 Å². The average molecular weight is 563 g/mol. The van der Waals surface area contributed by atoms with Crippen molar-refractivity contribution in [2.24, 2.45) is 5.41 Å². The molecule has 3 heterocycles. The summed E-state index contributed by atoms with van der Waals surface area (Å²) in [6.45, 7) is 7.42. The van der Waals surface area contributed by atoms with Gasteiger partial charge < -0.3 is 14.2 Å². The second-order valence-corrected chi connectivity index (χ2v) is 12.4. The Morgan fingerprint density at radius 3 is 2.55 bits per heavy atom. The molecule has 0 unspecified atom stereocenters. The van der Waals surface area contributed by atoms with Crippen molar-refractivity contribution in [2.75, 3.05) is 37.7 Å². The number of nitrogens with one attached hydrogen (secondary N) is 1. The van der Waals surface area contributed by atoms with Gasteiger partial charge in [0.05, 0.1) is 24.2 Å². The normalized spacial score (nSPS) is 17.5. The predicted octanol–water partition coefficient (Wildman–Crippen LogP) is 2.83. The zero-order valence-electron chi connectivity index (χ0n) is 21.6. The summed E-state index contributed by atoms with van der Waals surface area (Å²) in [6.07, 6.45) is 3.70. The molecule has 1 aliphatic heterocycles. The van der Waals surface area contributed by atoms with Gasteiger partial charge in [0.15, 0.2) is 0 Å². The van der Waals surface area contributed by atoms with Crippen LogP contribution in [0.2, 0.25) is 5.02 Å². The van der Waals surface area contributed by atoms with Gasteiger partial charge in [-0.25, -0.2) is 0 Å². The monoisotopic (exact) mass is 562 g/mol. The Morgan fingerprint density at radius 2 is 1.92 bits per heavy atom. The molecular formula is C25H31ClN6O5S. The van der Waals surface area contributed by atoms with Crippen LogP contribution in [-0.4, -0.2) is 60.4 Å². The van der Waals surface area contributed by atoms with Gasteiger partial charge in [0, 0.05) is 48.7 Å². The van der Waals surface area contributed by atoms with Crippen LogP contribution in [0.15, 0.2) is 39.8 Å². The van der Waals surface area contributed by atoms with E-state index in [4.69, 9.17) is 20.9 Å². The first-order valence-corrected chi connectivity index (χ1v) is 14.3. The lowest BCUT2D eigenvalue weighted by Crippen LogP contribution is -2.52. The minimum atomic E-state index is -3.72. The molecule has 5 rings (SSSR count). The van der Waals surface area contributed by atoms with Gasteiger partial charge in [0.2, 0.25) is 5.75 Å². The third-order valence-corrected chi connectivity index (χ3v) is 8.96. The molecule has 0 atom stereocenters. The Kier molecular flexibility index (Phi) is 7.25. The highest BCUT2D eigenvalue weighted by molar-refractivity contribution is 7.87. The number of halogens is 1. The summed E-state index contributed by atoms with van der Waals surface area (Å²) < 4.78 is 42.5. The van der Waals surface area contributed by atoms with E-state index in [-0.39, 0.29) is 36.4 Å². The Balaban J connectivity index is 1.33. The highest BCUT2D eigenvalue weighted by atomic mass is 35.5. The highest BCUT2D eigenvalue weighted by Gasteiger charge is 2.39. The van der Waals surface area contributed by atoms with Crippen molar-refractivity contribution < 1.29 is 17.7 Å². The van der Waals surface area contributed by atoms with Crippen LogP contribution in [0, 0.1) is 19.3 Å². The SMILES string of the molecule is Cc1noc(C)c1CNS(=O)(=O)N1CCN(c2cnn(-c3cccc(Cl)c3)c(=O)c2OCC2(C)CC2)CC1. The van der Waals surface area contributed by atoms with Crippen molar-refractivity contribution in [2.45, 2.75) is 40.2 Å². The molecule has 1 saturated heterocycles. The fraction of sp³-hybridized carbons (Fsp3) is 0.480. The van der Waals surface area contributed by atoms with Gasteiger partial charge >= 0.3 is 5.56 Å². The molecule has 38 heavy (non-hydrogen) atoms. The summed E-state index contributed by atoms with van der Waals surface area (Å²) in [5.74, 6) is 0.795. The van der Waals surface area contributed by atoms with E-state index in [0.29, 0.717) is 47.5 Å². The number of piperazine rings is 1. The van der Waals surface area contributed by atoms with Crippen LogP contribution in [-0.2, 0) is 16.8 Å². The Labute approximate surface area is 226 Å². The zero-order chi connectivity index (χ0) is 27.1. The number of aromatic nitrogens is 3. The van der Waals surface area contributed by atoms with E-state index >= 15 is 0 Å². The van der Waals surface area contributed by atoms with Crippen LogP contribution < -0.4 is 19.9 Å². The first-order chi connectivity index (χ1) is 18.1. The van der Waals surface area contributed by atoms with Gasteiger partial charge in [-0.05, 0) is 44.9 Å². The lowest BCUT2D eigenvalue weighted by molar-refractivity contribution is 0.242. The Hall–Kier alpha value is -2.93. The van der Waals surface area contributed by atoms with Crippen molar-refractivity contribution in [3.63, 3.8) is 0 Å². The number of ether oxygens (including phenoxy) is 1. The zero-order valence-corrected chi connectivity index (χ0v) is 23.2. The molecule has 2 fully saturated rings. The van der Waals surface area contributed by atoms with E-state index in [2.05, 4.69) is 21.9 Å². The molecule has 1 saturated carbocycles. The van der Waals surface area contributed by atoms with Crippen LogP contribution in [0.3, 0.4) is 0 Å².